The zero-order chi connectivity index (χ0) is 10.6. The van der Waals surface area contributed by atoms with Crippen molar-refractivity contribution in [3.05, 3.63) is 28.0 Å². The van der Waals surface area contributed by atoms with Gasteiger partial charge in [-0.15, -0.1) is 11.3 Å². The largest absolute Gasteiger partial charge is 0.466 e. The summed E-state index contributed by atoms with van der Waals surface area (Å²) in [5.74, 6) is -0.421. The third kappa shape index (κ3) is 2.53. The average Bonchev–Trinajstić information content (AvgIpc) is 2.62. The van der Waals surface area contributed by atoms with Gasteiger partial charge in [0, 0.05) is 6.08 Å². The summed E-state index contributed by atoms with van der Waals surface area (Å²) in [7, 11) is 1.31. The maximum atomic E-state index is 11.1. The van der Waals surface area contributed by atoms with Gasteiger partial charge in [0.05, 0.1) is 12.0 Å². The number of thiophene rings is 1. The van der Waals surface area contributed by atoms with E-state index in [-0.39, 0.29) is 5.78 Å². The van der Waals surface area contributed by atoms with Gasteiger partial charge in [-0.25, -0.2) is 4.79 Å². The number of carbonyl (C=O) groups excluding carboxylic acids is 2. The van der Waals surface area contributed by atoms with Crippen LogP contribution < -0.4 is 0 Å². The van der Waals surface area contributed by atoms with Crippen molar-refractivity contribution in [2.75, 3.05) is 7.11 Å². The molecule has 0 atom stereocenters. The molecule has 0 aliphatic carbocycles. The number of hydrogen-bond acceptors (Lipinski definition) is 4. The lowest BCUT2D eigenvalue weighted by Crippen LogP contribution is -1.94. The van der Waals surface area contributed by atoms with E-state index in [1.165, 1.54) is 31.4 Å². The van der Waals surface area contributed by atoms with Crippen LogP contribution in [0.15, 0.2) is 17.5 Å². The molecule has 0 amide bonds. The molecule has 0 fully saturated rings. The Morgan fingerprint density at radius 2 is 2.21 bits per heavy atom. The van der Waals surface area contributed by atoms with Crippen LogP contribution in [0.25, 0.3) is 6.08 Å². The van der Waals surface area contributed by atoms with E-state index in [4.69, 9.17) is 0 Å². The number of esters is 1. The van der Waals surface area contributed by atoms with Crippen LogP contribution in [0.5, 0.6) is 0 Å². The lowest BCUT2D eigenvalue weighted by Gasteiger charge is -1.92. The van der Waals surface area contributed by atoms with Crippen molar-refractivity contribution in [2.24, 2.45) is 0 Å². The summed E-state index contributed by atoms with van der Waals surface area (Å²) in [6, 6.07) is 1.79. The van der Waals surface area contributed by atoms with Gasteiger partial charge in [0.15, 0.2) is 5.78 Å². The van der Waals surface area contributed by atoms with Gasteiger partial charge in [-0.2, -0.15) is 0 Å². The van der Waals surface area contributed by atoms with E-state index >= 15 is 0 Å². The highest BCUT2D eigenvalue weighted by molar-refractivity contribution is 7.12. The molecular formula is C10H10O3S. The minimum Gasteiger partial charge on any atom is -0.466 e. The summed E-state index contributed by atoms with van der Waals surface area (Å²) in [5, 5.41) is 1.81. The first-order valence-electron chi connectivity index (χ1n) is 3.99. The van der Waals surface area contributed by atoms with Crippen LogP contribution in [0.2, 0.25) is 0 Å². The Morgan fingerprint density at radius 3 is 2.79 bits per heavy atom. The minimum atomic E-state index is -0.425. The second-order valence-corrected chi connectivity index (χ2v) is 3.53. The number of carbonyl (C=O) groups is 2. The van der Waals surface area contributed by atoms with E-state index in [0.29, 0.717) is 4.88 Å². The van der Waals surface area contributed by atoms with Gasteiger partial charge in [-0.3, -0.25) is 4.79 Å². The Labute approximate surface area is 86.0 Å². The monoisotopic (exact) mass is 210 g/mol. The zero-order valence-corrected chi connectivity index (χ0v) is 8.76. The second-order valence-electron chi connectivity index (χ2n) is 2.62. The highest BCUT2D eigenvalue weighted by Gasteiger charge is 2.06. The number of rotatable bonds is 3. The van der Waals surface area contributed by atoms with Crippen LogP contribution >= 0.6 is 11.3 Å². The summed E-state index contributed by atoms with van der Waals surface area (Å²) in [6.07, 6.45) is 2.88. The molecule has 1 aromatic rings. The van der Waals surface area contributed by atoms with Crippen molar-refractivity contribution in [1.82, 2.24) is 0 Å². The molecular weight excluding hydrogens is 200 g/mol. The SMILES string of the molecule is COC(=O)C=Cc1ccsc1C(C)=O. The van der Waals surface area contributed by atoms with Crippen LogP contribution in [0.1, 0.15) is 22.2 Å². The fourth-order valence-corrected chi connectivity index (χ4v) is 1.75. The molecule has 0 saturated carbocycles. The number of Topliss-reactive ketones (excluding diaryl/α,β-unsaturated/α-hetero) is 1. The van der Waals surface area contributed by atoms with Crippen molar-refractivity contribution in [3.8, 4) is 0 Å². The molecule has 4 heteroatoms. The van der Waals surface area contributed by atoms with Crippen molar-refractivity contribution in [1.29, 1.82) is 0 Å². The van der Waals surface area contributed by atoms with Crippen molar-refractivity contribution < 1.29 is 14.3 Å². The molecule has 1 rings (SSSR count). The molecule has 3 nitrogen and oxygen atoms in total. The lowest BCUT2D eigenvalue weighted by atomic mass is 10.2. The van der Waals surface area contributed by atoms with Gasteiger partial charge >= 0.3 is 5.97 Å². The van der Waals surface area contributed by atoms with E-state index in [9.17, 15) is 9.59 Å². The first-order valence-corrected chi connectivity index (χ1v) is 4.87. The van der Waals surface area contributed by atoms with Crippen LogP contribution in [0.3, 0.4) is 0 Å². The standard InChI is InChI=1S/C10H10O3S/c1-7(11)10-8(5-6-14-10)3-4-9(12)13-2/h3-6H,1-2H3. The molecule has 0 aromatic carbocycles. The van der Waals surface area contributed by atoms with E-state index in [0.717, 1.165) is 5.56 Å². The number of ether oxygens (including phenoxy) is 1. The molecule has 74 valence electrons. The molecule has 0 radical (unpaired) electrons. The van der Waals surface area contributed by atoms with Gasteiger partial charge < -0.3 is 4.74 Å². The third-order valence-electron chi connectivity index (χ3n) is 1.62. The fraction of sp³-hybridized carbons (Fsp3) is 0.200. The molecule has 0 aliphatic heterocycles. The molecule has 14 heavy (non-hydrogen) atoms. The van der Waals surface area contributed by atoms with Gasteiger partial charge in [0.25, 0.3) is 0 Å². The first kappa shape index (κ1) is 10.7. The molecule has 0 saturated heterocycles. The normalized spacial score (nSPS) is 10.4. The average molecular weight is 210 g/mol. The number of hydrogen-bond donors (Lipinski definition) is 0. The smallest absolute Gasteiger partial charge is 0.330 e. The third-order valence-corrected chi connectivity index (χ3v) is 2.65. The van der Waals surface area contributed by atoms with Crippen molar-refractivity contribution in [3.63, 3.8) is 0 Å². The summed E-state index contributed by atoms with van der Waals surface area (Å²) < 4.78 is 4.44. The summed E-state index contributed by atoms with van der Waals surface area (Å²) in [4.78, 5) is 22.6. The minimum absolute atomic E-state index is 0.00418. The summed E-state index contributed by atoms with van der Waals surface area (Å²) in [6.45, 7) is 1.50. The molecule has 0 unspecified atom stereocenters. The zero-order valence-electron chi connectivity index (χ0n) is 7.94. The predicted molar refractivity (Wildman–Crippen MR) is 55.4 cm³/mol. The molecule has 0 aliphatic rings. The van der Waals surface area contributed by atoms with E-state index < -0.39 is 5.97 Å². The summed E-state index contributed by atoms with van der Waals surface area (Å²) in [5.41, 5.74) is 0.757. The highest BCUT2D eigenvalue weighted by atomic mass is 32.1. The Balaban J connectivity index is 2.86. The maximum absolute atomic E-state index is 11.1. The Morgan fingerprint density at radius 1 is 1.50 bits per heavy atom. The molecule has 0 N–H and O–H groups in total. The van der Waals surface area contributed by atoms with E-state index in [1.807, 2.05) is 5.38 Å². The Hall–Kier alpha value is -1.42. The number of methoxy groups -OCH3 is 1. The molecule has 1 heterocycles. The van der Waals surface area contributed by atoms with Crippen molar-refractivity contribution in [2.45, 2.75) is 6.92 Å². The van der Waals surface area contributed by atoms with Gasteiger partial charge in [0.2, 0.25) is 0 Å². The molecule has 0 spiro atoms. The lowest BCUT2D eigenvalue weighted by molar-refractivity contribution is -0.134. The number of ketones is 1. The van der Waals surface area contributed by atoms with E-state index in [1.54, 1.807) is 12.1 Å². The fourth-order valence-electron chi connectivity index (χ4n) is 0.962. The molecule has 1 aromatic heterocycles. The molecule has 0 bridgehead atoms. The quantitative estimate of drug-likeness (QED) is 0.436. The van der Waals surface area contributed by atoms with E-state index in [2.05, 4.69) is 4.74 Å². The second kappa shape index (κ2) is 4.72. The van der Waals surface area contributed by atoms with Gasteiger partial charge in [0.1, 0.15) is 0 Å². The first-order chi connectivity index (χ1) is 6.65. The topological polar surface area (TPSA) is 43.4 Å². The Bertz CT molecular complexity index is 376. The van der Waals surface area contributed by atoms with Gasteiger partial charge in [-0.1, -0.05) is 0 Å². The predicted octanol–water partition coefficient (Wildman–Crippen LogP) is 2.14. The van der Waals surface area contributed by atoms with Crippen molar-refractivity contribution >= 4 is 29.2 Å². The van der Waals surface area contributed by atoms with Crippen LogP contribution in [0, 0.1) is 0 Å². The highest BCUT2D eigenvalue weighted by Crippen LogP contribution is 2.18. The van der Waals surface area contributed by atoms with Crippen LogP contribution in [-0.2, 0) is 9.53 Å². The van der Waals surface area contributed by atoms with Gasteiger partial charge in [-0.05, 0) is 30.0 Å². The maximum Gasteiger partial charge on any atom is 0.330 e. The Kier molecular flexibility index (Phi) is 3.59. The summed E-state index contributed by atoms with van der Waals surface area (Å²) >= 11 is 1.36. The van der Waals surface area contributed by atoms with Crippen LogP contribution in [-0.4, -0.2) is 18.9 Å². The van der Waals surface area contributed by atoms with Crippen LogP contribution in [0.4, 0.5) is 0 Å².